The SMILES string of the molecule is COc1ccc(C2=C(C(O)c3ccc(OCCN4CCOCC4)cc3)c3ccc(OC)cc3CC2)cc1. The zero-order chi connectivity index (χ0) is 25.6. The van der Waals surface area contributed by atoms with E-state index in [0.29, 0.717) is 6.61 Å². The van der Waals surface area contributed by atoms with Gasteiger partial charge in [-0.05, 0) is 82.6 Å². The number of fused-ring (bicyclic) bond motifs is 1. The van der Waals surface area contributed by atoms with E-state index >= 15 is 0 Å². The molecule has 2 aliphatic rings. The van der Waals surface area contributed by atoms with Gasteiger partial charge in [-0.1, -0.05) is 30.3 Å². The fourth-order valence-corrected chi connectivity index (χ4v) is 5.16. The molecule has 1 heterocycles. The number of morpholine rings is 1. The molecule has 0 radical (unpaired) electrons. The van der Waals surface area contributed by atoms with E-state index in [1.165, 1.54) is 5.56 Å². The molecule has 1 unspecified atom stereocenters. The summed E-state index contributed by atoms with van der Waals surface area (Å²) in [5.41, 5.74) is 6.28. The lowest BCUT2D eigenvalue weighted by Gasteiger charge is -2.28. The van der Waals surface area contributed by atoms with E-state index < -0.39 is 6.10 Å². The quantitative estimate of drug-likeness (QED) is 0.445. The highest BCUT2D eigenvalue weighted by Gasteiger charge is 2.27. The number of allylic oxidation sites excluding steroid dienone is 1. The maximum Gasteiger partial charge on any atom is 0.119 e. The molecule has 1 fully saturated rings. The molecule has 0 spiro atoms. The zero-order valence-corrected chi connectivity index (χ0v) is 21.6. The number of aliphatic hydroxyl groups excluding tert-OH is 1. The van der Waals surface area contributed by atoms with Gasteiger partial charge in [-0.3, -0.25) is 4.90 Å². The molecule has 37 heavy (non-hydrogen) atoms. The van der Waals surface area contributed by atoms with E-state index in [-0.39, 0.29) is 0 Å². The van der Waals surface area contributed by atoms with Gasteiger partial charge in [-0.25, -0.2) is 0 Å². The topological polar surface area (TPSA) is 60.4 Å². The smallest absolute Gasteiger partial charge is 0.119 e. The fraction of sp³-hybridized carbons (Fsp3) is 0.355. The molecule has 3 aromatic rings. The van der Waals surface area contributed by atoms with Crippen LogP contribution in [-0.2, 0) is 11.2 Å². The molecule has 1 aliphatic heterocycles. The van der Waals surface area contributed by atoms with Crippen molar-refractivity contribution in [3.8, 4) is 17.2 Å². The number of aryl methyl sites for hydroxylation is 1. The number of aliphatic hydroxyl groups is 1. The Morgan fingerprint density at radius 2 is 1.51 bits per heavy atom. The lowest BCUT2D eigenvalue weighted by Crippen LogP contribution is -2.38. The number of hydrogen-bond donors (Lipinski definition) is 1. The zero-order valence-electron chi connectivity index (χ0n) is 21.6. The number of rotatable bonds is 9. The van der Waals surface area contributed by atoms with Crippen LogP contribution in [0.25, 0.3) is 11.1 Å². The number of benzene rings is 3. The molecule has 0 bridgehead atoms. The predicted molar refractivity (Wildman–Crippen MR) is 145 cm³/mol. The van der Waals surface area contributed by atoms with Gasteiger partial charge in [0, 0.05) is 19.6 Å². The fourth-order valence-electron chi connectivity index (χ4n) is 5.16. The molecule has 1 atom stereocenters. The Morgan fingerprint density at radius 1 is 0.838 bits per heavy atom. The van der Waals surface area contributed by atoms with Crippen molar-refractivity contribution < 1.29 is 24.1 Å². The van der Waals surface area contributed by atoms with Crippen molar-refractivity contribution in [3.63, 3.8) is 0 Å². The van der Waals surface area contributed by atoms with Crippen molar-refractivity contribution in [3.05, 3.63) is 89.0 Å². The van der Waals surface area contributed by atoms with Gasteiger partial charge in [0.2, 0.25) is 0 Å². The van der Waals surface area contributed by atoms with Gasteiger partial charge < -0.3 is 24.1 Å². The van der Waals surface area contributed by atoms with E-state index in [1.54, 1.807) is 14.2 Å². The minimum Gasteiger partial charge on any atom is -0.497 e. The van der Waals surface area contributed by atoms with Crippen LogP contribution in [0, 0.1) is 0 Å². The van der Waals surface area contributed by atoms with Crippen molar-refractivity contribution in [1.29, 1.82) is 0 Å². The van der Waals surface area contributed by atoms with Gasteiger partial charge in [0.25, 0.3) is 0 Å². The first-order chi connectivity index (χ1) is 18.2. The Labute approximate surface area is 219 Å². The molecule has 5 rings (SSSR count). The van der Waals surface area contributed by atoms with Crippen molar-refractivity contribution in [2.75, 3.05) is 53.7 Å². The van der Waals surface area contributed by atoms with Gasteiger partial charge in [-0.15, -0.1) is 0 Å². The molecule has 6 heteroatoms. The minimum absolute atomic E-state index is 0.629. The van der Waals surface area contributed by atoms with Gasteiger partial charge in [-0.2, -0.15) is 0 Å². The molecule has 0 aromatic heterocycles. The third-order valence-corrected chi connectivity index (χ3v) is 7.26. The van der Waals surface area contributed by atoms with E-state index in [0.717, 1.165) is 90.8 Å². The van der Waals surface area contributed by atoms with Crippen molar-refractivity contribution in [2.24, 2.45) is 0 Å². The summed E-state index contributed by atoms with van der Waals surface area (Å²) in [4.78, 5) is 2.35. The Bertz CT molecular complexity index is 1210. The summed E-state index contributed by atoms with van der Waals surface area (Å²) in [5.74, 6) is 2.46. The summed E-state index contributed by atoms with van der Waals surface area (Å²) in [6.45, 7) is 4.99. The molecule has 3 aromatic carbocycles. The van der Waals surface area contributed by atoms with Crippen LogP contribution in [0.3, 0.4) is 0 Å². The van der Waals surface area contributed by atoms with Crippen molar-refractivity contribution in [1.82, 2.24) is 4.90 Å². The summed E-state index contributed by atoms with van der Waals surface area (Å²) < 4.78 is 22.2. The highest BCUT2D eigenvalue weighted by Crippen LogP contribution is 2.44. The Hall–Kier alpha value is -3.32. The maximum absolute atomic E-state index is 11.7. The Balaban J connectivity index is 1.40. The largest absolute Gasteiger partial charge is 0.497 e. The summed E-state index contributed by atoms with van der Waals surface area (Å²) in [7, 11) is 3.35. The number of hydrogen-bond acceptors (Lipinski definition) is 6. The summed E-state index contributed by atoms with van der Waals surface area (Å²) >= 11 is 0. The first-order valence-corrected chi connectivity index (χ1v) is 12.9. The second-order valence-electron chi connectivity index (χ2n) is 9.42. The molecule has 6 nitrogen and oxygen atoms in total. The minimum atomic E-state index is -0.771. The van der Waals surface area contributed by atoms with Crippen molar-refractivity contribution in [2.45, 2.75) is 18.9 Å². The number of methoxy groups -OCH3 is 2. The lowest BCUT2D eigenvalue weighted by atomic mass is 9.79. The molecule has 0 saturated carbocycles. The molecular weight excluding hydrogens is 466 g/mol. The highest BCUT2D eigenvalue weighted by atomic mass is 16.5. The first-order valence-electron chi connectivity index (χ1n) is 12.9. The summed E-state index contributed by atoms with van der Waals surface area (Å²) in [5, 5.41) is 11.7. The molecule has 0 amide bonds. The van der Waals surface area contributed by atoms with Gasteiger partial charge in [0.1, 0.15) is 30.0 Å². The Morgan fingerprint density at radius 3 is 2.22 bits per heavy atom. The molecule has 1 saturated heterocycles. The third-order valence-electron chi connectivity index (χ3n) is 7.26. The van der Waals surface area contributed by atoms with Gasteiger partial charge in [0.05, 0.1) is 27.4 Å². The van der Waals surface area contributed by atoms with E-state index in [1.807, 2.05) is 42.5 Å². The van der Waals surface area contributed by atoms with E-state index in [2.05, 4.69) is 29.2 Å². The first kappa shape index (κ1) is 25.3. The average molecular weight is 502 g/mol. The third kappa shape index (κ3) is 5.82. The molecule has 1 aliphatic carbocycles. The van der Waals surface area contributed by atoms with Crippen LogP contribution >= 0.6 is 0 Å². The summed E-state index contributed by atoms with van der Waals surface area (Å²) in [6.07, 6.45) is 0.953. The number of ether oxygens (including phenoxy) is 4. The van der Waals surface area contributed by atoms with Crippen LogP contribution in [0.1, 0.15) is 34.8 Å². The maximum atomic E-state index is 11.7. The van der Waals surface area contributed by atoms with E-state index in [9.17, 15) is 5.11 Å². The monoisotopic (exact) mass is 501 g/mol. The molecule has 1 N–H and O–H groups in total. The van der Waals surface area contributed by atoms with Crippen LogP contribution in [0.5, 0.6) is 17.2 Å². The van der Waals surface area contributed by atoms with Crippen LogP contribution in [0.4, 0.5) is 0 Å². The van der Waals surface area contributed by atoms with Crippen LogP contribution < -0.4 is 14.2 Å². The van der Waals surface area contributed by atoms with Crippen molar-refractivity contribution >= 4 is 11.1 Å². The second kappa shape index (κ2) is 11.8. The van der Waals surface area contributed by atoms with Crippen LogP contribution in [-0.4, -0.2) is 63.7 Å². The van der Waals surface area contributed by atoms with Gasteiger partial charge >= 0.3 is 0 Å². The standard InChI is InChI=1S/C31H35NO5/c1-34-25-8-3-22(4-9-25)28-13-7-24-21-27(35-2)12-14-29(24)30(28)31(33)23-5-10-26(11-6-23)37-20-17-32-15-18-36-19-16-32/h3-6,8-12,14,21,31,33H,7,13,15-20H2,1-2H3. The normalized spacial score (nSPS) is 16.7. The Kier molecular flexibility index (Phi) is 8.09. The molecular formula is C31H35NO5. The average Bonchev–Trinajstić information content (AvgIpc) is 2.97. The lowest BCUT2D eigenvalue weighted by molar-refractivity contribution is 0.0322. The predicted octanol–water partition coefficient (Wildman–Crippen LogP) is 5.01. The number of nitrogens with zero attached hydrogens (tertiary/aromatic N) is 1. The highest BCUT2D eigenvalue weighted by molar-refractivity contribution is 5.95. The molecule has 194 valence electrons. The second-order valence-corrected chi connectivity index (χ2v) is 9.42. The van der Waals surface area contributed by atoms with E-state index in [4.69, 9.17) is 18.9 Å². The summed E-state index contributed by atoms with van der Waals surface area (Å²) in [6, 6.07) is 22.0. The van der Waals surface area contributed by atoms with Crippen LogP contribution in [0.2, 0.25) is 0 Å². The van der Waals surface area contributed by atoms with Gasteiger partial charge in [0.15, 0.2) is 0 Å². The van der Waals surface area contributed by atoms with Crippen LogP contribution in [0.15, 0.2) is 66.7 Å².